The molecule has 4 nitrogen and oxygen atoms in total. The largest absolute Gasteiger partial charge is 0.495 e. The molecule has 0 saturated heterocycles. The second-order valence-electron chi connectivity index (χ2n) is 5.41. The summed E-state index contributed by atoms with van der Waals surface area (Å²) in [4.78, 5) is 12.1. The number of ether oxygens (including phenoxy) is 2. The third-order valence-electron chi connectivity index (χ3n) is 3.44. The van der Waals surface area contributed by atoms with E-state index >= 15 is 0 Å². The minimum Gasteiger partial charge on any atom is -0.495 e. The molecule has 23 heavy (non-hydrogen) atoms. The first kappa shape index (κ1) is 17.3. The van der Waals surface area contributed by atoms with Crippen LogP contribution in [0.1, 0.15) is 16.7 Å². The monoisotopic (exact) mass is 377 g/mol. The molecule has 5 heteroatoms. The third kappa shape index (κ3) is 4.48. The molecule has 2 aromatic rings. The normalized spacial score (nSPS) is 10.3. The Kier molecular flexibility index (Phi) is 5.66. The maximum Gasteiger partial charge on any atom is 0.262 e. The van der Waals surface area contributed by atoms with Crippen LogP contribution < -0.4 is 14.8 Å². The molecular weight excluding hydrogens is 358 g/mol. The van der Waals surface area contributed by atoms with Gasteiger partial charge in [0.05, 0.1) is 12.8 Å². The quantitative estimate of drug-likeness (QED) is 0.839. The Balaban J connectivity index is 2.04. The summed E-state index contributed by atoms with van der Waals surface area (Å²) in [7, 11) is 1.57. The summed E-state index contributed by atoms with van der Waals surface area (Å²) in [5.41, 5.74) is 3.72. The van der Waals surface area contributed by atoms with Crippen LogP contribution in [0.5, 0.6) is 11.5 Å². The Labute approximate surface area is 144 Å². The highest BCUT2D eigenvalue weighted by atomic mass is 79.9. The van der Waals surface area contributed by atoms with Gasteiger partial charge in [-0.05, 0) is 61.7 Å². The number of benzene rings is 2. The van der Waals surface area contributed by atoms with Gasteiger partial charge in [-0.25, -0.2) is 0 Å². The Morgan fingerprint density at radius 1 is 1.09 bits per heavy atom. The number of carbonyl (C=O) groups is 1. The van der Waals surface area contributed by atoms with Crippen molar-refractivity contribution < 1.29 is 14.3 Å². The molecule has 0 radical (unpaired) electrons. The Morgan fingerprint density at radius 2 is 1.83 bits per heavy atom. The van der Waals surface area contributed by atoms with Crippen molar-refractivity contribution in [3.63, 3.8) is 0 Å². The maximum atomic E-state index is 12.1. The van der Waals surface area contributed by atoms with E-state index < -0.39 is 0 Å². The van der Waals surface area contributed by atoms with Crippen LogP contribution in [0.3, 0.4) is 0 Å². The fourth-order valence-electron chi connectivity index (χ4n) is 2.16. The van der Waals surface area contributed by atoms with Gasteiger partial charge in [0.15, 0.2) is 6.61 Å². The predicted octanol–water partition coefficient (Wildman–Crippen LogP) is 4.40. The zero-order valence-electron chi connectivity index (χ0n) is 13.7. The Bertz CT molecular complexity index is 728. The Hall–Kier alpha value is -2.01. The second-order valence-corrected chi connectivity index (χ2v) is 6.26. The van der Waals surface area contributed by atoms with Crippen molar-refractivity contribution in [3.05, 3.63) is 51.5 Å². The van der Waals surface area contributed by atoms with Crippen LogP contribution >= 0.6 is 15.9 Å². The van der Waals surface area contributed by atoms with Crippen molar-refractivity contribution in [3.8, 4) is 11.5 Å². The van der Waals surface area contributed by atoms with Crippen molar-refractivity contribution >= 4 is 27.5 Å². The molecule has 1 N–H and O–H groups in total. The maximum absolute atomic E-state index is 12.1. The van der Waals surface area contributed by atoms with Gasteiger partial charge >= 0.3 is 0 Å². The summed E-state index contributed by atoms with van der Waals surface area (Å²) in [5.74, 6) is 1.10. The average molecular weight is 378 g/mol. The lowest BCUT2D eigenvalue weighted by atomic mass is 10.1. The smallest absolute Gasteiger partial charge is 0.262 e. The van der Waals surface area contributed by atoms with Crippen molar-refractivity contribution in [2.24, 2.45) is 0 Å². The number of amides is 1. The Morgan fingerprint density at radius 3 is 2.52 bits per heavy atom. The first-order valence-corrected chi connectivity index (χ1v) is 8.04. The highest BCUT2D eigenvalue weighted by Gasteiger charge is 2.10. The standard InChI is InChI=1S/C18H20BrNO3/c1-11-5-6-16(22-4)15(7-11)20-18(21)10-23-17-9-12(2)14(19)8-13(17)3/h5-9H,10H2,1-4H3,(H,20,21). The van der Waals surface area contributed by atoms with Crippen LogP contribution in [0, 0.1) is 20.8 Å². The molecule has 0 saturated carbocycles. The molecule has 0 aliphatic carbocycles. The summed E-state index contributed by atoms with van der Waals surface area (Å²) in [6, 6.07) is 9.52. The number of nitrogens with one attached hydrogen (secondary N) is 1. The molecule has 1 amide bonds. The second kappa shape index (κ2) is 7.51. The topological polar surface area (TPSA) is 47.6 Å². The van der Waals surface area contributed by atoms with Crippen molar-refractivity contribution in [1.82, 2.24) is 0 Å². The number of anilines is 1. The lowest BCUT2D eigenvalue weighted by molar-refractivity contribution is -0.118. The number of hydrogen-bond acceptors (Lipinski definition) is 3. The molecule has 0 heterocycles. The lowest BCUT2D eigenvalue weighted by Gasteiger charge is -2.13. The molecule has 0 unspecified atom stereocenters. The van der Waals surface area contributed by atoms with Crippen LogP contribution in [0.25, 0.3) is 0 Å². The molecule has 122 valence electrons. The number of carbonyl (C=O) groups excluding carboxylic acids is 1. The van der Waals surface area contributed by atoms with Crippen molar-refractivity contribution in [1.29, 1.82) is 0 Å². The highest BCUT2D eigenvalue weighted by molar-refractivity contribution is 9.10. The minimum absolute atomic E-state index is 0.0565. The molecule has 0 aromatic heterocycles. The molecular formula is C18H20BrNO3. The van der Waals surface area contributed by atoms with E-state index in [2.05, 4.69) is 21.2 Å². The van der Waals surface area contributed by atoms with Gasteiger partial charge in [0, 0.05) is 4.47 Å². The third-order valence-corrected chi connectivity index (χ3v) is 4.30. The zero-order valence-corrected chi connectivity index (χ0v) is 15.3. The van der Waals surface area contributed by atoms with E-state index in [0.29, 0.717) is 17.2 Å². The van der Waals surface area contributed by atoms with Gasteiger partial charge in [-0.3, -0.25) is 4.79 Å². The van der Waals surface area contributed by atoms with E-state index in [1.807, 2.05) is 51.1 Å². The molecule has 0 fully saturated rings. The molecule has 0 atom stereocenters. The molecule has 2 aromatic carbocycles. The number of aryl methyl sites for hydroxylation is 3. The van der Waals surface area contributed by atoms with Crippen molar-refractivity contribution in [2.45, 2.75) is 20.8 Å². The van der Waals surface area contributed by atoms with E-state index in [1.54, 1.807) is 7.11 Å². The van der Waals surface area contributed by atoms with Gasteiger partial charge in [-0.1, -0.05) is 22.0 Å². The lowest BCUT2D eigenvalue weighted by Crippen LogP contribution is -2.20. The fraction of sp³-hybridized carbons (Fsp3) is 0.278. The first-order valence-electron chi connectivity index (χ1n) is 7.24. The molecule has 2 rings (SSSR count). The SMILES string of the molecule is COc1ccc(C)cc1NC(=O)COc1cc(C)c(Br)cc1C. The predicted molar refractivity (Wildman–Crippen MR) is 95.5 cm³/mol. The van der Waals surface area contributed by atoms with E-state index in [-0.39, 0.29) is 12.5 Å². The van der Waals surface area contributed by atoms with E-state index in [4.69, 9.17) is 9.47 Å². The zero-order chi connectivity index (χ0) is 17.0. The number of methoxy groups -OCH3 is 1. The summed E-state index contributed by atoms with van der Waals surface area (Å²) >= 11 is 3.48. The number of halogens is 1. The fourth-order valence-corrected chi connectivity index (χ4v) is 2.62. The van der Waals surface area contributed by atoms with Gasteiger partial charge in [0.1, 0.15) is 11.5 Å². The molecule has 0 aliphatic rings. The highest BCUT2D eigenvalue weighted by Crippen LogP contribution is 2.27. The summed E-state index contributed by atoms with van der Waals surface area (Å²) < 4.78 is 11.9. The minimum atomic E-state index is -0.228. The van der Waals surface area contributed by atoms with Gasteiger partial charge in [0.2, 0.25) is 0 Å². The van der Waals surface area contributed by atoms with Gasteiger partial charge in [-0.2, -0.15) is 0 Å². The van der Waals surface area contributed by atoms with Crippen LogP contribution in [0.15, 0.2) is 34.8 Å². The summed E-state index contributed by atoms with van der Waals surface area (Å²) in [6.45, 7) is 5.83. The first-order chi connectivity index (χ1) is 10.9. The van der Waals surface area contributed by atoms with Crippen LogP contribution in [0.4, 0.5) is 5.69 Å². The van der Waals surface area contributed by atoms with E-state index in [0.717, 1.165) is 21.2 Å². The molecule has 0 spiro atoms. The number of rotatable bonds is 5. The van der Waals surface area contributed by atoms with Gasteiger partial charge in [0.25, 0.3) is 5.91 Å². The van der Waals surface area contributed by atoms with Crippen LogP contribution in [-0.4, -0.2) is 19.6 Å². The number of hydrogen-bond donors (Lipinski definition) is 1. The van der Waals surface area contributed by atoms with Crippen molar-refractivity contribution in [2.75, 3.05) is 19.0 Å². The molecule has 0 bridgehead atoms. The van der Waals surface area contributed by atoms with E-state index in [9.17, 15) is 4.79 Å². The van der Waals surface area contributed by atoms with E-state index in [1.165, 1.54) is 0 Å². The average Bonchev–Trinajstić information content (AvgIpc) is 2.50. The van der Waals surface area contributed by atoms with Gasteiger partial charge in [-0.15, -0.1) is 0 Å². The summed E-state index contributed by atoms with van der Waals surface area (Å²) in [6.07, 6.45) is 0. The van der Waals surface area contributed by atoms with Gasteiger partial charge < -0.3 is 14.8 Å². The van der Waals surface area contributed by atoms with Crippen LogP contribution in [-0.2, 0) is 4.79 Å². The van der Waals surface area contributed by atoms with Crippen LogP contribution in [0.2, 0.25) is 0 Å². The molecule has 0 aliphatic heterocycles. The summed E-state index contributed by atoms with van der Waals surface area (Å²) in [5, 5.41) is 2.82.